The minimum Gasteiger partial charge on any atom is -0.493 e. The van der Waals surface area contributed by atoms with Crippen LogP contribution in [-0.2, 0) is 9.59 Å². The van der Waals surface area contributed by atoms with Gasteiger partial charge >= 0.3 is 0 Å². The molecule has 2 aromatic rings. The van der Waals surface area contributed by atoms with Crippen LogP contribution in [0.1, 0.15) is 29.2 Å². The van der Waals surface area contributed by atoms with Crippen LogP contribution in [0.5, 0.6) is 11.5 Å². The van der Waals surface area contributed by atoms with Crippen LogP contribution in [0.2, 0.25) is 0 Å². The first kappa shape index (κ1) is 21.7. The van der Waals surface area contributed by atoms with Gasteiger partial charge in [0.15, 0.2) is 11.5 Å². The van der Waals surface area contributed by atoms with E-state index in [0.717, 1.165) is 22.4 Å². The maximum absolute atomic E-state index is 13.1. The Morgan fingerprint density at radius 2 is 1.84 bits per heavy atom. The van der Waals surface area contributed by atoms with E-state index in [0.29, 0.717) is 17.9 Å². The second-order valence-electron chi connectivity index (χ2n) is 8.07. The number of rotatable bonds is 6. The lowest BCUT2D eigenvalue weighted by atomic mass is 10.0. The van der Waals surface area contributed by atoms with Crippen molar-refractivity contribution in [2.75, 3.05) is 26.1 Å². The molecule has 0 radical (unpaired) electrons. The molecule has 0 saturated carbocycles. The van der Waals surface area contributed by atoms with Crippen LogP contribution in [0.25, 0.3) is 0 Å². The summed E-state index contributed by atoms with van der Waals surface area (Å²) in [4.78, 5) is 27.1. The average Bonchev–Trinajstić information content (AvgIpc) is 3.23. The molecule has 2 unspecified atom stereocenters. The molecule has 168 valence electrons. The highest BCUT2D eigenvalue weighted by Crippen LogP contribution is 2.35. The highest BCUT2D eigenvalue weighted by atomic mass is 16.5. The number of hydrogen-bond acceptors (Lipinski definition) is 6. The van der Waals surface area contributed by atoms with Crippen LogP contribution in [0, 0.1) is 13.8 Å². The number of ether oxygens (including phenoxy) is 2. The van der Waals surface area contributed by atoms with E-state index in [1.165, 1.54) is 4.90 Å². The zero-order chi connectivity index (χ0) is 22.8. The molecule has 2 aliphatic rings. The van der Waals surface area contributed by atoms with Gasteiger partial charge in [-0.05, 0) is 61.2 Å². The highest BCUT2D eigenvalue weighted by Gasteiger charge is 2.40. The third kappa shape index (κ3) is 4.27. The molecule has 4 rings (SSSR count). The van der Waals surface area contributed by atoms with Crippen molar-refractivity contribution in [3.05, 3.63) is 65.5 Å². The molecule has 8 heteroatoms. The van der Waals surface area contributed by atoms with Gasteiger partial charge in [0.1, 0.15) is 12.6 Å². The molecule has 0 spiro atoms. The Hall–Kier alpha value is -3.52. The highest BCUT2D eigenvalue weighted by molar-refractivity contribution is 5.96. The number of amides is 2. The lowest BCUT2D eigenvalue weighted by molar-refractivity contribution is -0.137. The van der Waals surface area contributed by atoms with E-state index in [4.69, 9.17) is 9.47 Å². The summed E-state index contributed by atoms with van der Waals surface area (Å²) in [6.45, 7) is 3.99. The van der Waals surface area contributed by atoms with E-state index >= 15 is 0 Å². The topological polar surface area (TPSA) is 83.1 Å². The number of nitrogens with one attached hydrogen (secondary N) is 2. The molecule has 2 heterocycles. The fourth-order valence-electron chi connectivity index (χ4n) is 4.03. The zero-order valence-electron chi connectivity index (χ0n) is 18.7. The Labute approximate surface area is 187 Å². The second-order valence-corrected chi connectivity index (χ2v) is 8.07. The van der Waals surface area contributed by atoms with E-state index in [1.54, 1.807) is 31.6 Å². The number of carbonyl (C=O) groups is 2. The SMILES string of the molecule is COc1ccc(C2CC3C(=O)N(CC(=O)Nc4ccc(C)c(C)c4)C=CN3N2)cc1OC. The van der Waals surface area contributed by atoms with Gasteiger partial charge in [-0.3, -0.25) is 9.59 Å². The Morgan fingerprint density at radius 1 is 1.06 bits per heavy atom. The summed E-state index contributed by atoms with van der Waals surface area (Å²) in [5.74, 6) is 0.951. The summed E-state index contributed by atoms with van der Waals surface area (Å²) >= 11 is 0. The second kappa shape index (κ2) is 8.92. The summed E-state index contributed by atoms with van der Waals surface area (Å²) in [5, 5.41) is 4.68. The molecule has 2 amide bonds. The van der Waals surface area contributed by atoms with Gasteiger partial charge in [0.25, 0.3) is 5.91 Å². The first-order valence-electron chi connectivity index (χ1n) is 10.5. The molecule has 0 aromatic heterocycles. The summed E-state index contributed by atoms with van der Waals surface area (Å²) in [6, 6.07) is 11.0. The van der Waals surface area contributed by atoms with Gasteiger partial charge in [-0.15, -0.1) is 0 Å². The zero-order valence-corrected chi connectivity index (χ0v) is 18.7. The largest absolute Gasteiger partial charge is 0.493 e. The van der Waals surface area contributed by atoms with Crippen molar-refractivity contribution in [2.24, 2.45) is 0 Å². The van der Waals surface area contributed by atoms with Crippen molar-refractivity contribution >= 4 is 17.5 Å². The number of aryl methyl sites for hydroxylation is 2. The van der Waals surface area contributed by atoms with Crippen LogP contribution in [0.15, 0.2) is 48.8 Å². The first-order valence-corrected chi connectivity index (χ1v) is 10.5. The van der Waals surface area contributed by atoms with Crippen molar-refractivity contribution in [1.29, 1.82) is 0 Å². The molecule has 1 saturated heterocycles. The number of benzene rings is 2. The monoisotopic (exact) mass is 436 g/mol. The molecule has 2 aromatic carbocycles. The van der Waals surface area contributed by atoms with E-state index in [-0.39, 0.29) is 30.4 Å². The number of anilines is 1. The van der Waals surface area contributed by atoms with E-state index in [9.17, 15) is 9.59 Å². The lowest BCUT2D eigenvalue weighted by Crippen LogP contribution is -2.49. The Kier molecular flexibility index (Phi) is 6.05. The molecular formula is C24H28N4O4. The molecule has 8 nitrogen and oxygen atoms in total. The molecule has 2 aliphatic heterocycles. The van der Waals surface area contributed by atoms with Gasteiger partial charge in [0, 0.05) is 18.1 Å². The number of nitrogens with zero attached hydrogens (tertiary/aromatic N) is 2. The number of carbonyl (C=O) groups excluding carboxylic acids is 2. The molecule has 1 fully saturated rings. The number of hydrogen-bond donors (Lipinski definition) is 2. The van der Waals surface area contributed by atoms with Crippen LogP contribution in [0.4, 0.5) is 5.69 Å². The van der Waals surface area contributed by atoms with E-state index < -0.39 is 0 Å². The fraction of sp³-hybridized carbons (Fsp3) is 0.333. The van der Waals surface area contributed by atoms with E-state index in [1.807, 2.05) is 50.2 Å². The van der Waals surface area contributed by atoms with Crippen LogP contribution >= 0.6 is 0 Å². The van der Waals surface area contributed by atoms with Crippen LogP contribution < -0.4 is 20.2 Å². The van der Waals surface area contributed by atoms with Crippen LogP contribution in [-0.4, -0.2) is 48.5 Å². The first-order chi connectivity index (χ1) is 15.4. The van der Waals surface area contributed by atoms with Gasteiger partial charge in [-0.1, -0.05) is 12.1 Å². The minimum atomic E-state index is -0.382. The number of fused-ring (bicyclic) bond motifs is 1. The van der Waals surface area contributed by atoms with Crippen molar-refractivity contribution in [2.45, 2.75) is 32.4 Å². The van der Waals surface area contributed by atoms with Crippen molar-refractivity contribution in [3.63, 3.8) is 0 Å². The summed E-state index contributed by atoms with van der Waals surface area (Å²) in [7, 11) is 3.19. The van der Waals surface area contributed by atoms with Crippen molar-refractivity contribution in [3.8, 4) is 11.5 Å². The Morgan fingerprint density at radius 3 is 2.56 bits per heavy atom. The third-order valence-corrected chi connectivity index (χ3v) is 5.99. The van der Waals surface area contributed by atoms with Gasteiger partial charge in [-0.25, -0.2) is 5.43 Å². The smallest absolute Gasteiger partial charge is 0.251 e. The molecule has 2 atom stereocenters. The standard InChI is InChI=1S/C24H28N4O4/c1-15-5-7-18(11-16(15)2)25-23(29)14-27-9-10-28-20(24(27)30)13-19(26-28)17-6-8-21(31-3)22(12-17)32-4/h5-12,19-20,26H,13-14H2,1-4H3,(H,25,29). The van der Waals surface area contributed by atoms with Gasteiger partial charge < -0.3 is 24.7 Å². The number of methoxy groups -OCH3 is 2. The molecular weight excluding hydrogens is 408 g/mol. The average molecular weight is 437 g/mol. The molecule has 2 N–H and O–H groups in total. The normalized spacial score (nSPS) is 19.7. The predicted molar refractivity (Wildman–Crippen MR) is 121 cm³/mol. The van der Waals surface area contributed by atoms with Crippen molar-refractivity contribution in [1.82, 2.24) is 15.3 Å². The van der Waals surface area contributed by atoms with E-state index in [2.05, 4.69) is 10.7 Å². The maximum Gasteiger partial charge on any atom is 0.251 e. The summed E-state index contributed by atoms with van der Waals surface area (Å²) < 4.78 is 10.7. The summed E-state index contributed by atoms with van der Waals surface area (Å²) in [5.41, 5.74) is 7.34. The van der Waals surface area contributed by atoms with Crippen LogP contribution in [0.3, 0.4) is 0 Å². The van der Waals surface area contributed by atoms with Gasteiger partial charge in [0.05, 0.1) is 20.3 Å². The number of hydrazine groups is 1. The van der Waals surface area contributed by atoms with Gasteiger partial charge in [-0.2, -0.15) is 0 Å². The molecule has 0 aliphatic carbocycles. The quantitative estimate of drug-likeness (QED) is 0.725. The fourth-order valence-corrected chi connectivity index (χ4v) is 4.03. The maximum atomic E-state index is 13.1. The molecule has 0 bridgehead atoms. The Bertz CT molecular complexity index is 1070. The Balaban J connectivity index is 1.41. The summed E-state index contributed by atoms with van der Waals surface area (Å²) in [6.07, 6.45) is 4.02. The molecule has 32 heavy (non-hydrogen) atoms. The predicted octanol–water partition coefficient (Wildman–Crippen LogP) is 2.89. The lowest BCUT2D eigenvalue weighted by Gasteiger charge is -2.31. The third-order valence-electron chi connectivity index (χ3n) is 5.99. The van der Waals surface area contributed by atoms with Crippen molar-refractivity contribution < 1.29 is 19.1 Å². The minimum absolute atomic E-state index is 0.0341. The van der Waals surface area contributed by atoms with Gasteiger partial charge in [0.2, 0.25) is 5.91 Å².